The van der Waals surface area contributed by atoms with E-state index in [-0.39, 0.29) is 28.1 Å². The second-order valence-electron chi connectivity index (χ2n) is 7.72. The summed E-state index contributed by atoms with van der Waals surface area (Å²) in [6.07, 6.45) is 1.74. The molecule has 0 unspecified atom stereocenters. The van der Waals surface area contributed by atoms with Gasteiger partial charge in [-0.1, -0.05) is 0 Å². The normalized spacial score (nSPS) is 15.4. The molecule has 0 radical (unpaired) electrons. The Kier molecular flexibility index (Phi) is 7.03. The number of sulfone groups is 1. The summed E-state index contributed by atoms with van der Waals surface area (Å²) >= 11 is 0. The lowest BCUT2D eigenvalue weighted by molar-refractivity contribution is 0.0915. The number of methoxy groups -OCH3 is 1. The van der Waals surface area contributed by atoms with Crippen molar-refractivity contribution in [1.29, 1.82) is 0 Å². The molecule has 1 aliphatic rings. The van der Waals surface area contributed by atoms with Crippen molar-refractivity contribution in [3.8, 4) is 23.0 Å². The number of nitrogens with zero attached hydrogens (tertiary/aromatic N) is 1. The highest BCUT2D eigenvalue weighted by atomic mass is 32.2. The predicted molar refractivity (Wildman–Crippen MR) is 124 cm³/mol. The Morgan fingerprint density at radius 3 is 2.76 bits per heavy atom. The number of benzene rings is 2. The molecule has 34 heavy (non-hydrogen) atoms. The summed E-state index contributed by atoms with van der Waals surface area (Å²) in [5, 5.41) is 9.25. The van der Waals surface area contributed by atoms with Crippen LogP contribution in [0.4, 0.5) is 5.82 Å². The lowest BCUT2D eigenvalue weighted by atomic mass is 10.2. The topological polar surface area (TPSA) is 129 Å². The standard InChI is InChI=1S/C23H25N3O7S/c1-15(14-30-2)32-18-10-16(23(27)25-22-6-7-24-26-22)11-19(12-18)33-17-4-5-21-20(13-17)31-8-3-9-34(21,28)29/h4-7,10-13,15H,3,8-9,14H2,1-2H3,(H2,24,25,26,27)/t15-/m0/s1. The van der Waals surface area contributed by atoms with Gasteiger partial charge in [0.15, 0.2) is 15.7 Å². The number of fused-ring (bicyclic) bond motifs is 1. The number of H-pyrrole nitrogens is 1. The molecule has 0 fully saturated rings. The van der Waals surface area contributed by atoms with Crippen LogP contribution in [0, 0.1) is 0 Å². The molecule has 1 aromatic heterocycles. The van der Waals surface area contributed by atoms with Gasteiger partial charge >= 0.3 is 0 Å². The van der Waals surface area contributed by atoms with Gasteiger partial charge in [0.1, 0.15) is 34.0 Å². The van der Waals surface area contributed by atoms with Crippen molar-refractivity contribution in [2.75, 3.05) is 31.4 Å². The molecule has 1 amide bonds. The van der Waals surface area contributed by atoms with E-state index in [9.17, 15) is 13.2 Å². The van der Waals surface area contributed by atoms with E-state index in [0.717, 1.165) is 0 Å². The summed E-state index contributed by atoms with van der Waals surface area (Å²) in [4.78, 5) is 12.9. The van der Waals surface area contributed by atoms with Crippen LogP contribution in [0.3, 0.4) is 0 Å². The number of nitrogens with one attached hydrogen (secondary N) is 2. The van der Waals surface area contributed by atoms with Crippen LogP contribution in [-0.2, 0) is 14.6 Å². The number of amides is 1. The Labute approximate surface area is 197 Å². The lowest BCUT2D eigenvalue weighted by Gasteiger charge is -2.16. The molecule has 3 aromatic rings. The Bertz CT molecular complexity index is 1260. The van der Waals surface area contributed by atoms with Crippen LogP contribution in [-0.4, -0.2) is 56.7 Å². The molecule has 10 nitrogen and oxygen atoms in total. The number of hydrogen-bond acceptors (Lipinski definition) is 8. The summed E-state index contributed by atoms with van der Waals surface area (Å²) in [6, 6.07) is 11.0. The van der Waals surface area contributed by atoms with Crippen molar-refractivity contribution in [3.63, 3.8) is 0 Å². The Balaban J connectivity index is 1.63. The summed E-state index contributed by atoms with van der Waals surface area (Å²) < 4.78 is 47.4. The minimum absolute atomic E-state index is 0.0354. The van der Waals surface area contributed by atoms with E-state index in [1.807, 2.05) is 6.92 Å². The fourth-order valence-corrected chi connectivity index (χ4v) is 4.87. The number of rotatable bonds is 8. The van der Waals surface area contributed by atoms with Crippen LogP contribution in [0.5, 0.6) is 23.0 Å². The van der Waals surface area contributed by atoms with E-state index in [0.29, 0.717) is 42.7 Å². The average Bonchev–Trinajstić information content (AvgIpc) is 3.24. The van der Waals surface area contributed by atoms with Gasteiger partial charge in [-0.3, -0.25) is 9.89 Å². The Morgan fingerprint density at radius 2 is 2.00 bits per heavy atom. The zero-order valence-electron chi connectivity index (χ0n) is 18.7. The van der Waals surface area contributed by atoms with Crippen molar-refractivity contribution >= 4 is 21.6 Å². The van der Waals surface area contributed by atoms with Gasteiger partial charge in [0, 0.05) is 37.1 Å². The molecule has 0 saturated heterocycles. The summed E-state index contributed by atoms with van der Waals surface area (Å²) in [5.74, 6) is 1.33. The molecule has 11 heteroatoms. The SMILES string of the molecule is COC[C@H](C)Oc1cc(Oc2ccc3c(c2)OCCCS3(=O)=O)cc(C(=O)Nc2cc[nH]n2)c1. The second kappa shape index (κ2) is 10.1. The molecule has 2 N–H and O–H groups in total. The quantitative estimate of drug-likeness (QED) is 0.495. The fraction of sp³-hybridized carbons (Fsp3) is 0.304. The van der Waals surface area contributed by atoms with Gasteiger partial charge in [-0.05, 0) is 37.6 Å². The highest BCUT2D eigenvalue weighted by Gasteiger charge is 2.24. The molecule has 180 valence electrons. The molecular weight excluding hydrogens is 462 g/mol. The van der Waals surface area contributed by atoms with Crippen molar-refractivity contribution in [3.05, 3.63) is 54.2 Å². The van der Waals surface area contributed by atoms with Crippen LogP contribution in [0.2, 0.25) is 0 Å². The van der Waals surface area contributed by atoms with Crippen molar-refractivity contribution in [1.82, 2.24) is 10.2 Å². The first-order valence-electron chi connectivity index (χ1n) is 10.6. The number of aromatic amines is 1. The maximum Gasteiger partial charge on any atom is 0.257 e. The molecule has 1 aliphatic heterocycles. The average molecular weight is 488 g/mol. The Hall–Kier alpha value is -3.57. The van der Waals surface area contributed by atoms with Crippen LogP contribution in [0.25, 0.3) is 0 Å². The van der Waals surface area contributed by atoms with E-state index in [1.54, 1.807) is 43.6 Å². The zero-order valence-corrected chi connectivity index (χ0v) is 19.6. The van der Waals surface area contributed by atoms with Gasteiger partial charge in [-0.2, -0.15) is 5.10 Å². The van der Waals surface area contributed by atoms with Crippen LogP contribution in [0.1, 0.15) is 23.7 Å². The number of anilines is 1. The van der Waals surface area contributed by atoms with Gasteiger partial charge in [-0.15, -0.1) is 0 Å². The third-order valence-corrected chi connectivity index (χ3v) is 6.76. The van der Waals surface area contributed by atoms with Crippen molar-refractivity contribution in [2.24, 2.45) is 0 Å². The van der Waals surface area contributed by atoms with Gasteiger partial charge in [0.2, 0.25) is 0 Å². The molecule has 1 atom stereocenters. The minimum Gasteiger partial charge on any atom is -0.492 e. The molecule has 0 bridgehead atoms. The highest BCUT2D eigenvalue weighted by molar-refractivity contribution is 7.91. The maximum atomic E-state index is 12.8. The molecule has 0 saturated carbocycles. The lowest BCUT2D eigenvalue weighted by Crippen LogP contribution is -2.18. The van der Waals surface area contributed by atoms with Crippen LogP contribution >= 0.6 is 0 Å². The first-order chi connectivity index (χ1) is 16.3. The second-order valence-corrected chi connectivity index (χ2v) is 9.80. The van der Waals surface area contributed by atoms with E-state index < -0.39 is 15.7 Å². The number of ether oxygens (including phenoxy) is 4. The zero-order chi connectivity index (χ0) is 24.1. The molecule has 4 rings (SSSR count). The summed E-state index contributed by atoms with van der Waals surface area (Å²) in [6.45, 7) is 2.50. The van der Waals surface area contributed by atoms with Gasteiger partial charge < -0.3 is 24.3 Å². The van der Waals surface area contributed by atoms with Crippen LogP contribution < -0.4 is 19.5 Å². The van der Waals surface area contributed by atoms with Crippen molar-refractivity contribution in [2.45, 2.75) is 24.3 Å². The van der Waals surface area contributed by atoms with E-state index in [4.69, 9.17) is 18.9 Å². The van der Waals surface area contributed by atoms with Crippen molar-refractivity contribution < 1.29 is 32.2 Å². The highest BCUT2D eigenvalue weighted by Crippen LogP contribution is 2.35. The summed E-state index contributed by atoms with van der Waals surface area (Å²) in [7, 11) is -1.84. The molecular formula is C23H25N3O7S. The minimum atomic E-state index is -3.41. The van der Waals surface area contributed by atoms with E-state index in [1.165, 1.54) is 12.1 Å². The first kappa shape index (κ1) is 23.6. The third-order valence-electron chi connectivity index (χ3n) is 4.92. The predicted octanol–water partition coefficient (Wildman–Crippen LogP) is 3.42. The van der Waals surface area contributed by atoms with Gasteiger partial charge in [0.05, 0.1) is 19.0 Å². The number of carbonyl (C=O) groups excluding carboxylic acids is 1. The monoisotopic (exact) mass is 487 g/mol. The molecule has 0 aliphatic carbocycles. The maximum absolute atomic E-state index is 12.8. The van der Waals surface area contributed by atoms with Gasteiger partial charge in [0.25, 0.3) is 5.91 Å². The van der Waals surface area contributed by atoms with E-state index in [2.05, 4.69) is 15.5 Å². The molecule has 2 heterocycles. The molecule has 0 spiro atoms. The fourth-order valence-electron chi connectivity index (χ4n) is 3.45. The number of hydrogen-bond donors (Lipinski definition) is 2. The summed E-state index contributed by atoms with van der Waals surface area (Å²) in [5.41, 5.74) is 0.286. The van der Waals surface area contributed by atoms with E-state index >= 15 is 0 Å². The first-order valence-corrected chi connectivity index (χ1v) is 12.3. The van der Waals surface area contributed by atoms with Crippen LogP contribution in [0.15, 0.2) is 53.6 Å². The number of carbonyl (C=O) groups is 1. The Morgan fingerprint density at radius 1 is 1.18 bits per heavy atom. The number of aromatic nitrogens is 2. The molecule has 2 aromatic carbocycles. The smallest absolute Gasteiger partial charge is 0.257 e. The van der Waals surface area contributed by atoms with Gasteiger partial charge in [-0.25, -0.2) is 8.42 Å². The largest absolute Gasteiger partial charge is 0.492 e. The third kappa shape index (κ3) is 5.67.